The van der Waals surface area contributed by atoms with Crippen LogP contribution in [0.15, 0.2) is 29.6 Å². The molecule has 0 atom stereocenters. The summed E-state index contributed by atoms with van der Waals surface area (Å²) in [5.41, 5.74) is 1.23. The molecule has 7 heteroatoms. The summed E-state index contributed by atoms with van der Waals surface area (Å²) in [6, 6.07) is 7.37. The Morgan fingerprint density at radius 2 is 1.88 bits per heavy atom. The van der Waals surface area contributed by atoms with Crippen molar-refractivity contribution in [2.24, 2.45) is 0 Å². The van der Waals surface area contributed by atoms with Crippen LogP contribution < -0.4 is 10.6 Å². The van der Waals surface area contributed by atoms with Gasteiger partial charge in [0, 0.05) is 16.4 Å². The summed E-state index contributed by atoms with van der Waals surface area (Å²) >= 11 is 7.09. The van der Waals surface area contributed by atoms with Gasteiger partial charge in [0.2, 0.25) is 5.91 Å². The Kier molecular flexibility index (Phi) is 6.04. The fraction of sp³-hybridized carbons (Fsp3) is 0.389. The molecule has 0 bridgehead atoms. The first-order valence-electron chi connectivity index (χ1n) is 8.41. The number of carbonyl (C=O) groups is 2. The van der Waals surface area contributed by atoms with Crippen molar-refractivity contribution in [1.29, 1.82) is 0 Å². The van der Waals surface area contributed by atoms with Crippen LogP contribution in [0.2, 0.25) is 5.02 Å². The van der Waals surface area contributed by atoms with Gasteiger partial charge in [-0.2, -0.15) is 0 Å². The Hall–Kier alpha value is -1.92. The van der Waals surface area contributed by atoms with Gasteiger partial charge in [0.15, 0.2) is 5.13 Å². The fourth-order valence-corrected chi connectivity index (χ4v) is 3.73. The van der Waals surface area contributed by atoms with E-state index >= 15 is 0 Å². The Bertz CT molecular complexity index is 739. The second kappa shape index (κ2) is 8.45. The van der Waals surface area contributed by atoms with Crippen molar-refractivity contribution in [2.45, 2.75) is 44.6 Å². The summed E-state index contributed by atoms with van der Waals surface area (Å²) in [7, 11) is 0. The summed E-state index contributed by atoms with van der Waals surface area (Å²) in [5.74, 6) is -0.336. The third-order valence-electron chi connectivity index (χ3n) is 4.20. The Morgan fingerprint density at radius 3 is 2.60 bits per heavy atom. The van der Waals surface area contributed by atoms with Gasteiger partial charge in [0.1, 0.15) is 5.69 Å². The minimum Gasteiger partial charge on any atom is -0.348 e. The van der Waals surface area contributed by atoms with Crippen LogP contribution in [0.4, 0.5) is 5.13 Å². The quantitative estimate of drug-likeness (QED) is 0.826. The van der Waals surface area contributed by atoms with Crippen LogP contribution in [0.25, 0.3) is 0 Å². The largest absolute Gasteiger partial charge is 0.348 e. The van der Waals surface area contributed by atoms with Crippen molar-refractivity contribution in [1.82, 2.24) is 10.3 Å². The Morgan fingerprint density at radius 1 is 1.16 bits per heavy atom. The van der Waals surface area contributed by atoms with E-state index in [1.165, 1.54) is 17.8 Å². The molecule has 1 fully saturated rings. The van der Waals surface area contributed by atoms with Crippen molar-refractivity contribution in [3.63, 3.8) is 0 Å². The molecule has 2 aromatic rings. The Balaban J connectivity index is 1.52. The van der Waals surface area contributed by atoms with Crippen LogP contribution in [-0.2, 0) is 11.2 Å². The van der Waals surface area contributed by atoms with Crippen molar-refractivity contribution < 1.29 is 9.59 Å². The van der Waals surface area contributed by atoms with Gasteiger partial charge >= 0.3 is 0 Å². The monoisotopic (exact) mass is 377 g/mol. The number of aromatic nitrogens is 1. The topological polar surface area (TPSA) is 71.1 Å². The molecule has 5 nitrogen and oxygen atoms in total. The maximum Gasteiger partial charge on any atom is 0.271 e. The van der Waals surface area contributed by atoms with E-state index in [0.717, 1.165) is 31.2 Å². The molecule has 1 heterocycles. The number of thiazole rings is 1. The maximum absolute atomic E-state index is 12.2. The number of nitrogens with zero attached hydrogens (tertiary/aromatic N) is 1. The normalized spacial score (nSPS) is 14.9. The average Bonchev–Trinajstić information content (AvgIpc) is 3.06. The highest BCUT2D eigenvalue weighted by atomic mass is 35.5. The number of carbonyl (C=O) groups excluding carboxylic acids is 2. The molecule has 1 aliphatic rings. The third kappa shape index (κ3) is 5.28. The molecule has 1 aromatic heterocycles. The highest BCUT2D eigenvalue weighted by Crippen LogP contribution is 2.20. The summed E-state index contributed by atoms with van der Waals surface area (Å²) in [6.07, 6.45) is 5.86. The molecule has 2 N–H and O–H groups in total. The van der Waals surface area contributed by atoms with Crippen LogP contribution in [-0.4, -0.2) is 22.8 Å². The molecule has 0 aliphatic heterocycles. The zero-order valence-electron chi connectivity index (χ0n) is 13.8. The minimum absolute atomic E-state index is 0.165. The van der Waals surface area contributed by atoms with Gasteiger partial charge in [0.25, 0.3) is 5.91 Å². The molecule has 1 saturated carbocycles. The zero-order valence-corrected chi connectivity index (χ0v) is 15.3. The lowest BCUT2D eigenvalue weighted by Gasteiger charge is -2.22. The van der Waals surface area contributed by atoms with Crippen LogP contribution in [0.5, 0.6) is 0 Å². The average molecular weight is 378 g/mol. The van der Waals surface area contributed by atoms with E-state index < -0.39 is 0 Å². The number of benzene rings is 1. The van der Waals surface area contributed by atoms with Gasteiger partial charge in [-0.05, 0) is 30.5 Å². The number of hydrogen-bond acceptors (Lipinski definition) is 4. The summed E-state index contributed by atoms with van der Waals surface area (Å²) in [4.78, 5) is 28.6. The van der Waals surface area contributed by atoms with E-state index in [-0.39, 0.29) is 24.3 Å². The van der Waals surface area contributed by atoms with Gasteiger partial charge in [-0.3, -0.25) is 9.59 Å². The predicted molar refractivity (Wildman–Crippen MR) is 100 cm³/mol. The second-order valence-corrected chi connectivity index (χ2v) is 7.49. The molecular weight excluding hydrogens is 358 g/mol. The van der Waals surface area contributed by atoms with Crippen LogP contribution >= 0.6 is 22.9 Å². The standard InChI is InChI=1S/C18H20ClN3O2S/c19-13-8-6-12(7-9-13)10-16(23)22-18-21-15(11-25-18)17(24)20-14-4-2-1-3-5-14/h6-9,11,14H,1-5,10H2,(H,20,24)(H,21,22,23). The van der Waals surface area contributed by atoms with Crippen LogP contribution in [0.3, 0.4) is 0 Å². The summed E-state index contributed by atoms with van der Waals surface area (Å²) < 4.78 is 0. The molecule has 132 valence electrons. The third-order valence-corrected chi connectivity index (χ3v) is 5.21. The van der Waals surface area contributed by atoms with Gasteiger partial charge in [-0.25, -0.2) is 4.98 Å². The van der Waals surface area contributed by atoms with Crippen molar-refractivity contribution in [3.8, 4) is 0 Å². The number of rotatable bonds is 5. The highest BCUT2D eigenvalue weighted by Gasteiger charge is 2.18. The summed E-state index contributed by atoms with van der Waals surface area (Å²) in [6.45, 7) is 0. The van der Waals surface area contributed by atoms with Crippen LogP contribution in [0.1, 0.15) is 48.2 Å². The minimum atomic E-state index is -0.170. The number of halogens is 1. The Labute approximate surface area is 155 Å². The molecule has 3 rings (SSSR count). The number of anilines is 1. The fourth-order valence-electron chi connectivity index (χ4n) is 2.89. The van der Waals surface area contributed by atoms with Gasteiger partial charge in [-0.15, -0.1) is 11.3 Å². The van der Waals surface area contributed by atoms with E-state index in [0.29, 0.717) is 15.8 Å². The van der Waals surface area contributed by atoms with E-state index in [2.05, 4.69) is 15.6 Å². The van der Waals surface area contributed by atoms with Crippen molar-refractivity contribution >= 4 is 39.9 Å². The number of hydrogen-bond donors (Lipinski definition) is 2. The number of nitrogens with one attached hydrogen (secondary N) is 2. The van der Waals surface area contributed by atoms with Crippen molar-refractivity contribution in [3.05, 3.63) is 45.9 Å². The molecule has 2 amide bonds. The first kappa shape index (κ1) is 17.9. The molecule has 1 aromatic carbocycles. The highest BCUT2D eigenvalue weighted by molar-refractivity contribution is 7.14. The maximum atomic E-state index is 12.2. The lowest BCUT2D eigenvalue weighted by Crippen LogP contribution is -2.36. The van der Waals surface area contributed by atoms with E-state index in [4.69, 9.17) is 11.6 Å². The van der Waals surface area contributed by atoms with Gasteiger partial charge < -0.3 is 10.6 Å². The van der Waals surface area contributed by atoms with Crippen LogP contribution in [0, 0.1) is 0 Å². The first-order valence-corrected chi connectivity index (χ1v) is 9.66. The molecule has 0 unspecified atom stereocenters. The predicted octanol–water partition coefficient (Wildman–Crippen LogP) is 4.04. The molecule has 0 radical (unpaired) electrons. The van der Waals surface area contributed by atoms with Crippen molar-refractivity contribution in [2.75, 3.05) is 5.32 Å². The van der Waals surface area contributed by atoms with E-state index in [9.17, 15) is 9.59 Å². The number of amides is 2. The molecule has 1 aliphatic carbocycles. The second-order valence-electron chi connectivity index (χ2n) is 6.20. The zero-order chi connectivity index (χ0) is 17.6. The first-order chi connectivity index (χ1) is 12.1. The molecular formula is C18H20ClN3O2S. The molecule has 0 saturated heterocycles. The van der Waals surface area contributed by atoms with E-state index in [1.807, 2.05) is 12.1 Å². The van der Waals surface area contributed by atoms with Gasteiger partial charge in [0.05, 0.1) is 6.42 Å². The SMILES string of the molecule is O=C(Cc1ccc(Cl)cc1)Nc1nc(C(=O)NC2CCCCC2)cs1. The summed E-state index contributed by atoms with van der Waals surface area (Å²) in [5, 5.41) is 8.52. The smallest absolute Gasteiger partial charge is 0.271 e. The lowest BCUT2D eigenvalue weighted by atomic mass is 9.95. The molecule has 0 spiro atoms. The lowest BCUT2D eigenvalue weighted by molar-refractivity contribution is -0.115. The molecule has 25 heavy (non-hydrogen) atoms. The van der Waals surface area contributed by atoms with E-state index in [1.54, 1.807) is 17.5 Å². The van der Waals surface area contributed by atoms with Gasteiger partial charge in [-0.1, -0.05) is 43.0 Å².